The Morgan fingerprint density at radius 2 is 1.87 bits per heavy atom. The first-order valence-electron chi connectivity index (χ1n) is 9.83. The molecule has 0 saturated heterocycles. The largest absolute Gasteiger partial charge is 0.493 e. The van der Waals surface area contributed by atoms with Crippen LogP contribution in [0, 0.1) is 6.92 Å². The fourth-order valence-corrected chi connectivity index (χ4v) is 3.36. The van der Waals surface area contributed by atoms with Crippen molar-refractivity contribution in [3.8, 4) is 22.8 Å². The Kier molecular flexibility index (Phi) is 5.71. The molecule has 156 valence electrons. The summed E-state index contributed by atoms with van der Waals surface area (Å²) in [4.78, 5) is 17.1. The van der Waals surface area contributed by atoms with Gasteiger partial charge in [0.1, 0.15) is 5.65 Å². The zero-order valence-electron chi connectivity index (χ0n) is 17.6. The minimum atomic E-state index is -0.224. The van der Waals surface area contributed by atoms with Gasteiger partial charge in [0.2, 0.25) is 5.91 Å². The number of pyridine rings is 1. The van der Waals surface area contributed by atoms with E-state index >= 15 is 0 Å². The maximum absolute atomic E-state index is 12.4. The van der Waals surface area contributed by atoms with Gasteiger partial charge in [-0.25, -0.2) is 4.98 Å². The van der Waals surface area contributed by atoms with Crippen molar-refractivity contribution in [3.05, 3.63) is 84.2 Å². The van der Waals surface area contributed by atoms with Gasteiger partial charge < -0.3 is 19.2 Å². The Balaban J connectivity index is 1.50. The van der Waals surface area contributed by atoms with Gasteiger partial charge >= 0.3 is 0 Å². The Labute approximate surface area is 180 Å². The average molecular weight is 413 g/mol. The summed E-state index contributed by atoms with van der Waals surface area (Å²) in [6.07, 6.45) is 7.18. The molecule has 0 spiro atoms. The first-order valence-corrected chi connectivity index (χ1v) is 9.83. The third-order valence-corrected chi connectivity index (χ3v) is 4.94. The molecule has 2 aromatic heterocycles. The number of aryl methyl sites for hydroxylation is 1. The minimum Gasteiger partial charge on any atom is -0.493 e. The zero-order chi connectivity index (χ0) is 21.8. The zero-order valence-corrected chi connectivity index (χ0v) is 17.6. The topological polar surface area (TPSA) is 64.9 Å². The van der Waals surface area contributed by atoms with Crippen LogP contribution >= 0.6 is 0 Å². The second kappa shape index (κ2) is 8.75. The number of carbonyl (C=O) groups excluding carboxylic acids is 1. The van der Waals surface area contributed by atoms with E-state index in [0.29, 0.717) is 17.2 Å². The van der Waals surface area contributed by atoms with Crippen molar-refractivity contribution < 1.29 is 14.3 Å². The molecule has 1 N–H and O–H groups in total. The maximum atomic E-state index is 12.4. The summed E-state index contributed by atoms with van der Waals surface area (Å²) in [6, 6.07) is 17.2. The van der Waals surface area contributed by atoms with Gasteiger partial charge in [-0.15, -0.1) is 0 Å². The third-order valence-electron chi connectivity index (χ3n) is 4.94. The van der Waals surface area contributed by atoms with Crippen LogP contribution in [0.25, 0.3) is 23.0 Å². The normalized spacial score (nSPS) is 11.1. The Hall–Kier alpha value is -4.06. The second-order valence-corrected chi connectivity index (χ2v) is 7.07. The predicted octanol–water partition coefficient (Wildman–Crippen LogP) is 4.98. The number of aromatic nitrogens is 2. The average Bonchev–Trinajstić information content (AvgIpc) is 3.23. The van der Waals surface area contributed by atoms with E-state index in [0.717, 1.165) is 28.0 Å². The molecule has 0 bridgehead atoms. The van der Waals surface area contributed by atoms with Crippen LogP contribution in [-0.2, 0) is 4.79 Å². The smallest absolute Gasteiger partial charge is 0.248 e. The molecule has 2 aromatic carbocycles. The van der Waals surface area contributed by atoms with Crippen LogP contribution in [0.4, 0.5) is 5.69 Å². The number of hydrogen-bond acceptors (Lipinski definition) is 4. The molecule has 1 amide bonds. The molecule has 2 heterocycles. The number of nitrogens with zero attached hydrogens (tertiary/aromatic N) is 2. The highest BCUT2D eigenvalue weighted by atomic mass is 16.5. The van der Waals surface area contributed by atoms with Crippen molar-refractivity contribution in [3.63, 3.8) is 0 Å². The highest BCUT2D eigenvalue weighted by Crippen LogP contribution is 2.28. The third kappa shape index (κ3) is 4.43. The molecule has 0 aliphatic rings. The first kappa shape index (κ1) is 20.2. The van der Waals surface area contributed by atoms with Gasteiger partial charge in [0.05, 0.1) is 19.9 Å². The van der Waals surface area contributed by atoms with Gasteiger partial charge in [-0.1, -0.05) is 24.3 Å². The molecule has 0 saturated carbocycles. The molecule has 0 fully saturated rings. The van der Waals surface area contributed by atoms with Gasteiger partial charge in [0, 0.05) is 29.7 Å². The highest BCUT2D eigenvalue weighted by Gasteiger charge is 2.08. The van der Waals surface area contributed by atoms with E-state index in [1.165, 1.54) is 6.08 Å². The van der Waals surface area contributed by atoms with E-state index in [2.05, 4.69) is 5.32 Å². The highest BCUT2D eigenvalue weighted by molar-refractivity contribution is 6.02. The number of benzene rings is 2. The van der Waals surface area contributed by atoms with Crippen molar-refractivity contribution in [1.29, 1.82) is 0 Å². The van der Waals surface area contributed by atoms with E-state index < -0.39 is 0 Å². The Morgan fingerprint density at radius 3 is 2.65 bits per heavy atom. The SMILES string of the molecule is COc1ccc(/C=C/C(=O)Nc2cccc(-c3cn4cccc(C)c4n3)c2)cc1OC. The van der Waals surface area contributed by atoms with Crippen LogP contribution in [-0.4, -0.2) is 29.5 Å². The van der Waals surface area contributed by atoms with Crippen LogP contribution < -0.4 is 14.8 Å². The number of fused-ring (bicyclic) bond motifs is 1. The number of amides is 1. The molecular formula is C25H23N3O3. The molecule has 0 unspecified atom stereocenters. The van der Waals surface area contributed by atoms with Gasteiger partial charge in [-0.2, -0.15) is 0 Å². The molecule has 6 heteroatoms. The number of imidazole rings is 1. The van der Waals surface area contributed by atoms with Crippen molar-refractivity contribution in [2.45, 2.75) is 6.92 Å². The number of ether oxygens (including phenoxy) is 2. The summed E-state index contributed by atoms with van der Waals surface area (Å²) < 4.78 is 12.5. The molecule has 31 heavy (non-hydrogen) atoms. The van der Waals surface area contributed by atoms with Crippen molar-refractivity contribution in [2.75, 3.05) is 19.5 Å². The Bertz CT molecular complexity index is 1270. The Morgan fingerprint density at radius 1 is 1.03 bits per heavy atom. The summed E-state index contributed by atoms with van der Waals surface area (Å²) in [6.45, 7) is 2.04. The summed E-state index contributed by atoms with van der Waals surface area (Å²) in [5, 5.41) is 2.90. The molecule has 0 aliphatic carbocycles. The van der Waals surface area contributed by atoms with Crippen LogP contribution in [0.2, 0.25) is 0 Å². The second-order valence-electron chi connectivity index (χ2n) is 7.07. The molecule has 6 nitrogen and oxygen atoms in total. The standard InChI is InChI=1S/C25H23N3O3/c1-17-6-5-13-28-16-21(27-25(17)28)19-7-4-8-20(15-19)26-24(29)12-10-18-9-11-22(30-2)23(14-18)31-3/h4-16H,1-3H3,(H,26,29)/b12-10+. The van der Waals surface area contributed by atoms with Gasteiger partial charge in [-0.3, -0.25) is 4.79 Å². The van der Waals surface area contributed by atoms with E-state index in [4.69, 9.17) is 14.5 Å². The molecule has 4 rings (SSSR count). The molecule has 0 aliphatic heterocycles. The van der Waals surface area contributed by atoms with Crippen LogP contribution in [0.5, 0.6) is 11.5 Å². The summed E-state index contributed by atoms with van der Waals surface area (Å²) >= 11 is 0. The number of hydrogen-bond donors (Lipinski definition) is 1. The number of nitrogens with one attached hydrogen (secondary N) is 1. The molecule has 0 atom stereocenters. The van der Waals surface area contributed by atoms with Crippen LogP contribution in [0.3, 0.4) is 0 Å². The lowest BCUT2D eigenvalue weighted by Gasteiger charge is -2.07. The van der Waals surface area contributed by atoms with Crippen molar-refractivity contribution >= 4 is 23.3 Å². The summed E-state index contributed by atoms with van der Waals surface area (Å²) in [5.74, 6) is 1.03. The van der Waals surface area contributed by atoms with Crippen LogP contribution in [0.15, 0.2) is 73.1 Å². The monoisotopic (exact) mass is 413 g/mol. The maximum Gasteiger partial charge on any atom is 0.248 e. The van der Waals surface area contributed by atoms with Gasteiger partial charge in [0.15, 0.2) is 11.5 Å². The molecular weight excluding hydrogens is 390 g/mol. The quantitative estimate of drug-likeness (QED) is 0.453. The molecule has 0 radical (unpaired) electrons. The van der Waals surface area contributed by atoms with Crippen molar-refractivity contribution in [2.24, 2.45) is 0 Å². The fourth-order valence-electron chi connectivity index (χ4n) is 3.36. The number of rotatable bonds is 6. The van der Waals surface area contributed by atoms with E-state index in [1.54, 1.807) is 26.4 Å². The first-order chi connectivity index (χ1) is 15.1. The van der Waals surface area contributed by atoms with Crippen LogP contribution in [0.1, 0.15) is 11.1 Å². The number of anilines is 1. The number of carbonyl (C=O) groups is 1. The van der Waals surface area contributed by atoms with E-state index in [1.807, 2.05) is 72.2 Å². The van der Waals surface area contributed by atoms with Gasteiger partial charge in [0.25, 0.3) is 0 Å². The minimum absolute atomic E-state index is 0.224. The summed E-state index contributed by atoms with van der Waals surface area (Å²) in [7, 11) is 3.16. The lowest BCUT2D eigenvalue weighted by molar-refractivity contribution is -0.111. The fraction of sp³-hybridized carbons (Fsp3) is 0.120. The number of methoxy groups -OCH3 is 2. The molecule has 4 aromatic rings. The predicted molar refractivity (Wildman–Crippen MR) is 123 cm³/mol. The van der Waals surface area contributed by atoms with E-state index in [-0.39, 0.29) is 5.91 Å². The lowest BCUT2D eigenvalue weighted by Crippen LogP contribution is -2.07. The summed E-state index contributed by atoms with van der Waals surface area (Å²) in [5.41, 5.74) is 5.36. The van der Waals surface area contributed by atoms with Crippen molar-refractivity contribution in [1.82, 2.24) is 9.38 Å². The lowest BCUT2D eigenvalue weighted by atomic mass is 10.1. The van der Waals surface area contributed by atoms with E-state index in [9.17, 15) is 4.79 Å². The van der Waals surface area contributed by atoms with Gasteiger partial charge in [-0.05, 0) is 54.5 Å².